The summed E-state index contributed by atoms with van der Waals surface area (Å²) in [5.74, 6) is 0. The number of nitrogens with two attached hydrogens (primary N) is 1. The largest absolute Gasteiger partial charge is 0.323 e. The highest BCUT2D eigenvalue weighted by molar-refractivity contribution is 8.00. The molecule has 0 atom stereocenters. The van der Waals surface area contributed by atoms with Crippen LogP contribution < -0.4 is 25.8 Å². The van der Waals surface area contributed by atoms with Crippen LogP contribution in [-0.2, 0) is 33.2 Å². The Labute approximate surface area is 256 Å². The Morgan fingerprint density at radius 1 is 0.860 bits per heavy atom. The first-order valence-electron chi connectivity index (χ1n) is 14.2. The molecule has 6 N–H and O–H groups in total. The number of anilines is 2. The zero-order chi connectivity index (χ0) is 31.5. The van der Waals surface area contributed by atoms with Crippen LogP contribution >= 0.6 is 0 Å². The van der Waals surface area contributed by atoms with E-state index in [0.717, 1.165) is 44.0 Å². The van der Waals surface area contributed by atoms with Gasteiger partial charge in [0.15, 0.2) is 0 Å². The van der Waals surface area contributed by atoms with Gasteiger partial charge in [0, 0.05) is 55.4 Å². The Hall–Kier alpha value is -3.17. The van der Waals surface area contributed by atoms with Crippen LogP contribution in [0.1, 0.15) is 25.0 Å². The van der Waals surface area contributed by atoms with Crippen LogP contribution in [0.5, 0.6) is 0 Å². The number of urea groups is 1. The molecular formula is C30H45N7O4S2. The third kappa shape index (κ3) is 11.4. The van der Waals surface area contributed by atoms with Gasteiger partial charge in [0.25, 0.3) is 0 Å². The molecule has 0 aliphatic carbocycles. The van der Waals surface area contributed by atoms with Crippen molar-refractivity contribution >= 4 is 37.5 Å². The highest BCUT2D eigenvalue weighted by atomic mass is 32.3. The van der Waals surface area contributed by atoms with Crippen LogP contribution in [0.4, 0.5) is 16.2 Å². The normalized spacial score (nSPS) is 12.4. The van der Waals surface area contributed by atoms with Gasteiger partial charge < -0.3 is 20.9 Å². The Morgan fingerprint density at radius 3 is 2.14 bits per heavy atom. The van der Waals surface area contributed by atoms with Gasteiger partial charge in [-0.25, -0.2) is 18.4 Å². The van der Waals surface area contributed by atoms with Crippen molar-refractivity contribution in [3.8, 4) is 0 Å². The fraction of sp³-hybridized carbons (Fsp3) is 0.367. The Balaban J connectivity index is 1.46. The Morgan fingerprint density at radius 2 is 1.51 bits per heavy atom. The number of thiol groups is 1. The average Bonchev–Trinajstić information content (AvgIpc) is 2.97. The molecule has 2 amide bonds. The van der Waals surface area contributed by atoms with E-state index in [1.165, 1.54) is 12.1 Å². The molecule has 0 aromatic heterocycles. The molecule has 0 unspecified atom stereocenters. The van der Waals surface area contributed by atoms with E-state index in [1.807, 2.05) is 24.3 Å². The maximum atomic E-state index is 13.3. The van der Waals surface area contributed by atoms with E-state index in [1.54, 1.807) is 42.7 Å². The SMILES string of the molecule is CCN(CC)CCN(C)CNCc1cccc(NC(=O)Nc2ccc([SH](C)(=O)NCc3ccc(S(N)(=O)=O)cc3)cc2)c1. The predicted octanol–water partition coefficient (Wildman–Crippen LogP) is 3.01. The molecule has 43 heavy (non-hydrogen) atoms. The lowest BCUT2D eigenvalue weighted by atomic mass is 10.2. The van der Waals surface area contributed by atoms with Crippen LogP contribution in [0.25, 0.3) is 0 Å². The third-order valence-electron chi connectivity index (χ3n) is 7.04. The summed E-state index contributed by atoms with van der Waals surface area (Å²) in [6.45, 7) is 10.2. The van der Waals surface area contributed by atoms with Gasteiger partial charge in [0.1, 0.15) is 0 Å². The van der Waals surface area contributed by atoms with E-state index >= 15 is 0 Å². The van der Waals surface area contributed by atoms with Crippen molar-refractivity contribution in [3.05, 3.63) is 83.9 Å². The number of likely N-dealkylation sites (N-methyl/N-ethyl adjacent to an activating group) is 2. The van der Waals surface area contributed by atoms with E-state index in [2.05, 4.69) is 51.4 Å². The minimum Gasteiger partial charge on any atom is -0.308 e. The maximum absolute atomic E-state index is 13.3. The number of sulfonamides is 1. The summed E-state index contributed by atoms with van der Waals surface area (Å²) >= 11 is 0. The number of hydrogen-bond acceptors (Lipinski definition) is 7. The van der Waals surface area contributed by atoms with E-state index in [9.17, 15) is 17.4 Å². The number of benzene rings is 3. The fourth-order valence-corrected chi connectivity index (χ4v) is 6.23. The number of amides is 2. The molecule has 0 heterocycles. The zero-order valence-electron chi connectivity index (χ0n) is 25.3. The number of hydrogen-bond donors (Lipinski definition) is 6. The van der Waals surface area contributed by atoms with Gasteiger partial charge in [-0.05, 0) is 89.9 Å². The molecule has 236 valence electrons. The second-order valence-corrected chi connectivity index (χ2v) is 14.7. The maximum Gasteiger partial charge on any atom is 0.323 e. The molecule has 11 nitrogen and oxygen atoms in total. The van der Waals surface area contributed by atoms with Crippen LogP contribution in [0.15, 0.2) is 82.6 Å². The van der Waals surface area contributed by atoms with Crippen LogP contribution in [0.3, 0.4) is 0 Å². The van der Waals surface area contributed by atoms with Gasteiger partial charge >= 0.3 is 6.03 Å². The van der Waals surface area contributed by atoms with Crippen molar-refractivity contribution in [3.63, 3.8) is 0 Å². The summed E-state index contributed by atoms with van der Waals surface area (Å²) in [5.41, 5.74) is 3.07. The zero-order valence-corrected chi connectivity index (χ0v) is 27.0. The van der Waals surface area contributed by atoms with Crippen molar-refractivity contribution < 1.29 is 17.4 Å². The number of carbonyl (C=O) groups is 1. The minimum absolute atomic E-state index is 0.0214. The summed E-state index contributed by atoms with van der Waals surface area (Å²) in [6, 6.07) is 20.2. The number of rotatable bonds is 16. The highest BCUT2D eigenvalue weighted by Crippen LogP contribution is 2.19. The monoisotopic (exact) mass is 631 g/mol. The predicted molar refractivity (Wildman–Crippen MR) is 176 cm³/mol. The average molecular weight is 632 g/mol. The number of carbonyl (C=O) groups excluding carboxylic acids is 1. The minimum atomic E-state index is -3.76. The second-order valence-electron chi connectivity index (χ2n) is 10.5. The molecule has 0 radical (unpaired) electrons. The first-order chi connectivity index (χ1) is 20.4. The molecule has 3 rings (SSSR count). The Kier molecular flexibility index (Phi) is 12.8. The molecule has 0 saturated carbocycles. The second kappa shape index (κ2) is 16.1. The molecule has 13 heteroatoms. The first-order valence-corrected chi connectivity index (χ1v) is 17.9. The van der Waals surface area contributed by atoms with Crippen LogP contribution in [-0.4, -0.2) is 74.6 Å². The lowest BCUT2D eigenvalue weighted by molar-refractivity contribution is 0.231. The van der Waals surface area contributed by atoms with E-state index < -0.39 is 20.1 Å². The topological polar surface area (TPSA) is 149 Å². The van der Waals surface area contributed by atoms with Crippen molar-refractivity contribution in [1.29, 1.82) is 0 Å². The van der Waals surface area contributed by atoms with E-state index in [4.69, 9.17) is 5.14 Å². The van der Waals surface area contributed by atoms with Gasteiger partial charge in [-0.3, -0.25) is 13.8 Å². The first kappa shape index (κ1) is 34.3. The van der Waals surface area contributed by atoms with Crippen molar-refractivity contribution in [2.75, 3.05) is 56.8 Å². The highest BCUT2D eigenvalue weighted by Gasteiger charge is 2.13. The molecule has 0 aliphatic rings. The lowest BCUT2D eigenvalue weighted by Crippen LogP contribution is -2.37. The molecule has 3 aromatic rings. The van der Waals surface area contributed by atoms with Gasteiger partial charge in [0.2, 0.25) is 10.0 Å². The molecule has 0 fully saturated rings. The van der Waals surface area contributed by atoms with Gasteiger partial charge in [-0.1, -0.05) is 38.1 Å². The van der Waals surface area contributed by atoms with Crippen molar-refractivity contribution in [2.24, 2.45) is 5.14 Å². The molecule has 0 spiro atoms. The number of primary sulfonamides is 1. The Bertz CT molecular complexity index is 1480. The summed E-state index contributed by atoms with van der Waals surface area (Å²) in [6.07, 6.45) is 1.62. The summed E-state index contributed by atoms with van der Waals surface area (Å²) in [4.78, 5) is 17.9. The quantitative estimate of drug-likeness (QED) is 0.105. The van der Waals surface area contributed by atoms with Crippen LogP contribution in [0.2, 0.25) is 0 Å². The van der Waals surface area contributed by atoms with Crippen LogP contribution in [0, 0.1) is 0 Å². The van der Waals surface area contributed by atoms with E-state index in [-0.39, 0.29) is 17.5 Å². The summed E-state index contributed by atoms with van der Waals surface area (Å²) < 4.78 is 39.2. The lowest BCUT2D eigenvalue weighted by Gasteiger charge is -2.23. The van der Waals surface area contributed by atoms with E-state index in [0.29, 0.717) is 22.8 Å². The molecule has 0 saturated heterocycles. The molecule has 0 aliphatic heterocycles. The van der Waals surface area contributed by atoms with Crippen molar-refractivity contribution in [1.82, 2.24) is 19.8 Å². The molecule has 0 bridgehead atoms. The van der Waals surface area contributed by atoms with Gasteiger partial charge in [-0.2, -0.15) is 0 Å². The van der Waals surface area contributed by atoms with Gasteiger partial charge in [-0.15, -0.1) is 0 Å². The number of nitrogens with zero attached hydrogens (tertiary/aromatic N) is 2. The fourth-order valence-electron chi connectivity index (χ4n) is 4.33. The van der Waals surface area contributed by atoms with Gasteiger partial charge in [0.05, 0.1) is 4.90 Å². The van der Waals surface area contributed by atoms with Crippen molar-refractivity contribution in [2.45, 2.75) is 36.7 Å². The molecular weight excluding hydrogens is 587 g/mol. The number of nitrogens with one attached hydrogen (secondary N) is 4. The third-order valence-corrected chi connectivity index (χ3v) is 10.0. The standard InChI is InChI=1S/C30H45N7O4S2/c1-5-37(6-2)19-18-36(3)23-32-21-25-8-7-9-27(20-25)35-30(38)34-26-12-16-28(17-13-26)42(4,39)33-22-24-10-14-29(15-11-24)43(31,40)41/h7-17,20,32,42H,5-6,18-19,21-23H2,1-4H3,(H,33,39)(H2,31,40,41)(H2,34,35,38). The molecule has 3 aromatic carbocycles. The summed E-state index contributed by atoms with van der Waals surface area (Å²) in [5, 5.41) is 14.3. The smallest absolute Gasteiger partial charge is 0.308 e. The summed E-state index contributed by atoms with van der Waals surface area (Å²) in [7, 11) is -4.60.